The molecule has 350 valence electrons. The molecule has 0 rings (SSSR count). The molecule has 0 saturated carbocycles. The zero-order valence-electron chi connectivity index (χ0n) is 38.7. The first-order valence-electron chi connectivity index (χ1n) is 23.2. The summed E-state index contributed by atoms with van der Waals surface area (Å²) in [5, 5.41) is 43.6. The summed E-state index contributed by atoms with van der Waals surface area (Å²) in [6, 6.07) is 0.627. The van der Waals surface area contributed by atoms with E-state index >= 15 is 0 Å². The van der Waals surface area contributed by atoms with Crippen LogP contribution in [0.4, 0.5) is 0 Å². The van der Waals surface area contributed by atoms with Gasteiger partial charge in [-0.15, -0.1) is 0 Å². The van der Waals surface area contributed by atoms with Crippen LogP contribution in [0.2, 0.25) is 6.04 Å². The van der Waals surface area contributed by atoms with Gasteiger partial charge in [0.15, 0.2) is 0 Å². The van der Waals surface area contributed by atoms with E-state index in [-0.39, 0.29) is 19.8 Å². The summed E-state index contributed by atoms with van der Waals surface area (Å²) < 4.78 is 39.9. The fourth-order valence-corrected chi connectivity index (χ4v) is 8.80. The second-order valence-corrected chi connectivity index (χ2v) is 19.4. The summed E-state index contributed by atoms with van der Waals surface area (Å²) in [6.45, 7) is 17.6. The number of rotatable bonds is 45. The number of hydrogen-bond donors (Lipinski definition) is 4. The molecule has 0 fully saturated rings. The minimum absolute atomic E-state index is 0.195. The van der Waals surface area contributed by atoms with Gasteiger partial charge in [0, 0.05) is 80.0 Å². The molecule has 0 bridgehead atoms. The van der Waals surface area contributed by atoms with Gasteiger partial charge in [-0.1, -0.05) is 92.4 Å². The molecule has 0 aliphatic rings. The lowest BCUT2D eigenvalue weighted by atomic mass is 10.0. The Labute approximate surface area is 357 Å². The zero-order valence-corrected chi connectivity index (χ0v) is 39.7. The van der Waals surface area contributed by atoms with E-state index in [4.69, 9.17) is 32.2 Å². The van der Waals surface area contributed by atoms with Gasteiger partial charge in [0.05, 0.1) is 50.8 Å². The zero-order chi connectivity index (χ0) is 43.3. The Morgan fingerprint density at radius 2 is 0.793 bits per heavy atom. The van der Waals surface area contributed by atoms with Gasteiger partial charge in [-0.05, 0) is 63.5 Å². The van der Waals surface area contributed by atoms with Crippen LogP contribution in [-0.4, -0.2) is 177 Å². The number of ether oxygens (including phenoxy) is 4. The number of aliphatic hydroxyl groups excluding tert-OH is 4. The van der Waals surface area contributed by atoms with E-state index in [1.807, 2.05) is 0 Å². The van der Waals surface area contributed by atoms with E-state index in [1.54, 1.807) is 21.3 Å². The van der Waals surface area contributed by atoms with Crippen LogP contribution in [-0.2, 0) is 32.2 Å². The van der Waals surface area contributed by atoms with Crippen molar-refractivity contribution in [3.05, 3.63) is 0 Å². The molecule has 6 atom stereocenters. The Morgan fingerprint density at radius 1 is 0.431 bits per heavy atom. The van der Waals surface area contributed by atoms with Gasteiger partial charge in [0.1, 0.15) is 0 Å². The molecule has 0 aromatic rings. The second kappa shape index (κ2) is 39.5. The first-order chi connectivity index (χ1) is 28.0. The van der Waals surface area contributed by atoms with Gasteiger partial charge in [-0.2, -0.15) is 0 Å². The van der Waals surface area contributed by atoms with Crippen molar-refractivity contribution < 1.29 is 52.7 Å². The molecule has 0 saturated heterocycles. The van der Waals surface area contributed by atoms with Crippen molar-refractivity contribution in [2.75, 3.05) is 113 Å². The first kappa shape index (κ1) is 57.7. The average molecular weight is 855 g/mol. The van der Waals surface area contributed by atoms with Crippen LogP contribution in [0, 0.1) is 11.8 Å². The van der Waals surface area contributed by atoms with E-state index in [0.29, 0.717) is 83.5 Å². The van der Waals surface area contributed by atoms with E-state index in [0.717, 1.165) is 77.3 Å². The lowest BCUT2D eigenvalue weighted by Crippen LogP contribution is -2.43. The maximum absolute atomic E-state index is 11.0. The summed E-state index contributed by atoms with van der Waals surface area (Å²) in [5.41, 5.74) is 0. The van der Waals surface area contributed by atoms with Crippen LogP contribution < -0.4 is 0 Å². The van der Waals surface area contributed by atoms with E-state index in [2.05, 4.69) is 44.4 Å². The van der Waals surface area contributed by atoms with E-state index in [9.17, 15) is 20.4 Å². The molecule has 0 amide bonds. The van der Waals surface area contributed by atoms with Crippen LogP contribution in [0.3, 0.4) is 0 Å². The maximum atomic E-state index is 11.0. The van der Waals surface area contributed by atoms with Crippen molar-refractivity contribution in [3.8, 4) is 0 Å². The highest BCUT2D eigenvalue weighted by Crippen LogP contribution is 2.16. The summed E-state index contributed by atoms with van der Waals surface area (Å²) in [7, 11) is 2.13. The maximum Gasteiger partial charge on any atom is 0.500 e. The molecular weight excluding hydrogens is 761 g/mol. The number of hydrogen-bond acceptors (Lipinski definition) is 13. The fourth-order valence-electron chi connectivity index (χ4n) is 7.11. The van der Waals surface area contributed by atoms with Gasteiger partial charge in [-0.25, -0.2) is 0 Å². The van der Waals surface area contributed by atoms with Gasteiger partial charge in [0.25, 0.3) is 0 Å². The lowest BCUT2D eigenvalue weighted by Gasteiger charge is -2.28. The summed E-state index contributed by atoms with van der Waals surface area (Å²) in [4.78, 5) is 4.26. The highest BCUT2D eigenvalue weighted by Gasteiger charge is 2.36. The van der Waals surface area contributed by atoms with Crippen LogP contribution in [0.5, 0.6) is 0 Å². The average Bonchev–Trinajstić information content (AvgIpc) is 3.21. The molecule has 6 unspecified atom stereocenters. The van der Waals surface area contributed by atoms with Crippen molar-refractivity contribution in [1.29, 1.82) is 0 Å². The first-order valence-corrected chi connectivity index (χ1v) is 25.1. The topological polar surface area (TPSA) is 152 Å². The molecule has 13 nitrogen and oxygen atoms in total. The smallest absolute Gasteiger partial charge is 0.389 e. The minimum Gasteiger partial charge on any atom is -0.389 e. The quantitative estimate of drug-likeness (QED) is 0.0409. The largest absolute Gasteiger partial charge is 0.500 e. The third-order valence-electron chi connectivity index (χ3n) is 11.0. The van der Waals surface area contributed by atoms with Crippen LogP contribution in [0.25, 0.3) is 0 Å². The van der Waals surface area contributed by atoms with Gasteiger partial charge in [0.2, 0.25) is 0 Å². The van der Waals surface area contributed by atoms with E-state index < -0.39 is 33.2 Å². The molecular formula is C44H94N2O11Si. The Kier molecular flexibility index (Phi) is 39.3. The van der Waals surface area contributed by atoms with Crippen LogP contribution in [0.1, 0.15) is 131 Å². The Balaban J connectivity index is 5.15. The molecule has 0 aromatic heterocycles. The van der Waals surface area contributed by atoms with Gasteiger partial charge < -0.3 is 52.7 Å². The summed E-state index contributed by atoms with van der Waals surface area (Å²) in [5.74, 6) is 1.03. The molecule has 0 aromatic carbocycles. The predicted molar refractivity (Wildman–Crippen MR) is 236 cm³/mol. The van der Waals surface area contributed by atoms with Gasteiger partial charge in [-0.3, -0.25) is 9.80 Å². The summed E-state index contributed by atoms with van der Waals surface area (Å²) in [6.07, 6.45) is 13.1. The molecule has 0 aliphatic heterocycles. The highest BCUT2D eigenvalue weighted by molar-refractivity contribution is 6.60. The fraction of sp³-hybridized carbons (Fsp3) is 1.00. The molecule has 0 aliphatic carbocycles. The van der Waals surface area contributed by atoms with Crippen molar-refractivity contribution in [2.45, 2.75) is 161 Å². The van der Waals surface area contributed by atoms with Crippen LogP contribution >= 0.6 is 0 Å². The van der Waals surface area contributed by atoms with Crippen molar-refractivity contribution in [1.82, 2.24) is 9.80 Å². The standard InChI is InChI=1S/C44H94N2O11Si/c1-9-14-22-39(12-4)33-56-37-43(49)31-45(29-41(47)35-54-26-16-11-3)24-19-17-18-20-25-46(32-44(50)38-57-34-40(13-5)23-15-10-2)30-42(48)36-55-27-21-28-58(51-6,52-7)53-8/h39-44,47-50H,9-38H2,1-8H3. The van der Waals surface area contributed by atoms with Crippen molar-refractivity contribution in [3.63, 3.8) is 0 Å². The monoisotopic (exact) mass is 855 g/mol. The number of nitrogens with zero attached hydrogens (tertiary/aromatic N) is 2. The Morgan fingerprint density at radius 3 is 1.14 bits per heavy atom. The SMILES string of the molecule is CCCCOCC(O)CN(CCCCCCN(CC(O)COCCC[Si](OC)(OC)OC)CC(O)COCC(CC)CCCC)CC(O)COCC(CC)CCCC. The molecule has 0 radical (unpaired) electrons. The number of aliphatic hydroxyl groups is 4. The second-order valence-electron chi connectivity index (χ2n) is 16.4. The van der Waals surface area contributed by atoms with Crippen LogP contribution in [0.15, 0.2) is 0 Å². The molecule has 58 heavy (non-hydrogen) atoms. The third-order valence-corrected chi connectivity index (χ3v) is 13.8. The Bertz CT molecular complexity index is 858. The molecule has 0 heterocycles. The molecule has 14 heteroatoms. The molecule has 0 spiro atoms. The van der Waals surface area contributed by atoms with Crippen molar-refractivity contribution in [2.24, 2.45) is 11.8 Å². The highest BCUT2D eigenvalue weighted by atomic mass is 28.4. The third kappa shape index (κ3) is 31.5. The molecule has 4 N–H and O–H groups in total. The lowest BCUT2D eigenvalue weighted by molar-refractivity contribution is -0.0173. The predicted octanol–water partition coefficient (Wildman–Crippen LogP) is 6.16. The number of unbranched alkanes of at least 4 members (excludes halogenated alkanes) is 6. The van der Waals surface area contributed by atoms with Gasteiger partial charge >= 0.3 is 8.80 Å². The minimum atomic E-state index is -2.66. The normalized spacial score (nSPS) is 15.6. The van der Waals surface area contributed by atoms with E-state index in [1.165, 1.54) is 25.7 Å². The van der Waals surface area contributed by atoms with Crippen molar-refractivity contribution >= 4 is 8.80 Å². The summed E-state index contributed by atoms with van der Waals surface area (Å²) >= 11 is 0. The Hall–Kier alpha value is -0.303.